The number of hydrogen-bond acceptors (Lipinski definition) is 4. The molecule has 2 amide bonds. The molecule has 0 N–H and O–H groups in total. The summed E-state index contributed by atoms with van der Waals surface area (Å²) < 4.78 is 1.59. The van der Waals surface area contributed by atoms with Gasteiger partial charge >= 0.3 is 0 Å². The third-order valence-corrected chi connectivity index (χ3v) is 5.31. The van der Waals surface area contributed by atoms with Gasteiger partial charge in [0.1, 0.15) is 5.69 Å². The molecule has 1 aliphatic rings. The fourth-order valence-electron chi connectivity index (χ4n) is 3.50. The van der Waals surface area contributed by atoms with Gasteiger partial charge in [-0.25, -0.2) is 0 Å². The van der Waals surface area contributed by atoms with Crippen LogP contribution < -0.4 is 9.80 Å². The fraction of sp³-hybridized carbons (Fsp3) is 0.476. The highest BCUT2D eigenvalue weighted by Gasteiger charge is 2.28. The Morgan fingerprint density at radius 3 is 2.68 bits per heavy atom. The van der Waals surface area contributed by atoms with Crippen molar-refractivity contribution >= 4 is 23.2 Å². The second-order valence-corrected chi connectivity index (χ2v) is 7.40. The van der Waals surface area contributed by atoms with E-state index in [1.807, 2.05) is 30.1 Å². The van der Waals surface area contributed by atoms with E-state index in [9.17, 15) is 9.59 Å². The second-order valence-electron chi connectivity index (χ2n) is 7.40. The average molecular weight is 383 g/mol. The molecule has 1 aromatic carbocycles. The lowest BCUT2D eigenvalue weighted by molar-refractivity contribution is -0.119. The van der Waals surface area contributed by atoms with Crippen molar-refractivity contribution < 1.29 is 9.59 Å². The van der Waals surface area contributed by atoms with E-state index in [0.29, 0.717) is 18.8 Å². The number of carbonyl (C=O) groups excluding carboxylic acids is 2. The topological polar surface area (TPSA) is 61.7 Å². The Morgan fingerprint density at radius 2 is 2.00 bits per heavy atom. The SMILES string of the molecule is CCCCN(C)CC(=O)N(C)c1ccc2c(c1)N(C(=O)c1ccnn1C)CC2. The highest BCUT2D eigenvalue weighted by Crippen LogP contribution is 2.33. The molecular weight excluding hydrogens is 354 g/mol. The highest BCUT2D eigenvalue weighted by atomic mass is 16.2. The van der Waals surface area contributed by atoms with Crippen molar-refractivity contribution in [2.75, 3.05) is 43.5 Å². The monoisotopic (exact) mass is 383 g/mol. The van der Waals surface area contributed by atoms with Crippen molar-refractivity contribution in [2.45, 2.75) is 26.2 Å². The normalized spacial score (nSPS) is 13.1. The number of aryl methyl sites for hydroxylation is 1. The van der Waals surface area contributed by atoms with Crippen LogP contribution in [0.1, 0.15) is 35.8 Å². The van der Waals surface area contributed by atoms with Gasteiger partial charge in [-0.1, -0.05) is 19.4 Å². The predicted molar refractivity (Wildman–Crippen MR) is 111 cm³/mol. The number of carbonyl (C=O) groups is 2. The minimum atomic E-state index is -0.0656. The van der Waals surface area contributed by atoms with Crippen LogP contribution in [0, 0.1) is 0 Å². The molecular formula is C21H29N5O2. The van der Waals surface area contributed by atoms with Gasteiger partial charge in [0.15, 0.2) is 0 Å². The van der Waals surface area contributed by atoms with Crippen molar-refractivity contribution in [3.63, 3.8) is 0 Å². The number of anilines is 2. The van der Waals surface area contributed by atoms with Crippen LogP contribution in [0.2, 0.25) is 0 Å². The number of benzene rings is 1. The fourth-order valence-corrected chi connectivity index (χ4v) is 3.50. The van der Waals surface area contributed by atoms with E-state index in [2.05, 4.69) is 12.0 Å². The molecule has 1 aliphatic heterocycles. The summed E-state index contributed by atoms with van der Waals surface area (Å²) in [5.74, 6) is -0.0229. The molecule has 2 aromatic rings. The van der Waals surface area contributed by atoms with E-state index in [1.54, 1.807) is 40.8 Å². The number of amides is 2. The van der Waals surface area contributed by atoms with E-state index in [1.165, 1.54) is 0 Å². The lowest BCUT2D eigenvalue weighted by Gasteiger charge is -2.23. The minimum Gasteiger partial charge on any atom is -0.314 e. The van der Waals surface area contributed by atoms with E-state index >= 15 is 0 Å². The van der Waals surface area contributed by atoms with Gasteiger partial charge in [0.05, 0.1) is 6.54 Å². The van der Waals surface area contributed by atoms with Gasteiger partial charge in [-0.2, -0.15) is 5.10 Å². The van der Waals surface area contributed by atoms with E-state index < -0.39 is 0 Å². The first-order chi connectivity index (χ1) is 13.4. The second kappa shape index (κ2) is 8.56. The Kier molecular flexibility index (Phi) is 6.14. The molecule has 0 aliphatic carbocycles. The van der Waals surface area contributed by atoms with Crippen molar-refractivity contribution in [1.82, 2.24) is 14.7 Å². The summed E-state index contributed by atoms with van der Waals surface area (Å²) >= 11 is 0. The number of nitrogens with zero attached hydrogens (tertiary/aromatic N) is 5. The molecule has 150 valence electrons. The van der Waals surface area contributed by atoms with E-state index in [0.717, 1.165) is 42.7 Å². The molecule has 0 saturated heterocycles. The van der Waals surface area contributed by atoms with E-state index in [4.69, 9.17) is 0 Å². The number of hydrogen-bond donors (Lipinski definition) is 0. The lowest BCUT2D eigenvalue weighted by atomic mass is 10.1. The summed E-state index contributed by atoms with van der Waals surface area (Å²) in [6.07, 6.45) is 4.63. The Balaban J connectivity index is 1.76. The maximum absolute atomic E-state index is 12.9. The molecule has 7 nitrogen and oxygen atoms in total. The summed E-state index contributed by atoms with van der Waals surface area (Å²) in [7, 11) is 5.53. The number of likely N-dealkylation sites (N-methyl/N-ethyl adjacent to an activating group) is 2. The van der Waals surface area contributed by atoms with Gasteiger partial charge in [0, 0.05) is 38.2 Å². The lowest BCUT2D eigenvalue weighted by Crippen LogP contribution is -2.37. The maximum atomic E-state index is 12.9. The molecule has 1 aromatic heterocycles. The smallest absolute Gasteiger partial charge is 0.276 e. The maximum Gasteiger partial charge on any atom is 0.276 e. The summed E-state index contributed by atoms with van der Waals surface area (Å²) in [5, 5.41) is 4.09. The first-order valence-electron chi connectivity index (χ1n) is 9.80. The molecule has 0 fully saturated rings. The van der Waals surface area contributed by atoms with Crippen LogP contribution in [-0.4, -0.2) is 60.2 Å². The summed E-state index contributed by atoms with van der Waals surface area (Å²) in [6, 6.07) is 7.65. The number of aromatic nitrogens is 2. The Bertz CT molecular complexity index is 860. The van der Waals surface area contributed by atoms with Crippen LogP contribution in [-0.2, 0) is 18.3 Å². The van der Waals surface area contributed by atoms with Gasteiger partial charge in [-0.15, -0.1) is 0 Å². The van der Waals surface area contributed by atoms with Crippen LogP contribution >= 0.6 is 0 Å². The third-order valence-electron chi connectivity index (χ3n) is 5.31. The summed E-state index contributed by atoms with van der Waals surface area (Å²) in [4.78, 5) is 31.1. The zero-order valence-corrected chi connectivity index (χ0v) is 17.2. The zero-order chi connectivity index (χ0) is 20.3. The predicted octanol–water partition coefficient (Wildman–Crippen LogP) is 2.32. The number of unbranched alkanes of at least 4 members (excludes halogenated alkanes) is 1. The van der Waals surface area contributed by atoms with Gasteiger partial charge in [-0.05, 0) is 50.2 Å². The van der Waals surface area contributed by atoms with Crippen molar-refractivity contribution in [2.24, 2.45) is 7.05 Å². The molecule has 7 heteroatoms. The van der Waals surface area contributed by atoms with Crippen molar-refractivity contribution in [1.29, 1.82) is 0 Å². The molecule has 28 heavy (non-hydrogen) atoms. The molecule has 0 radical (unpaired) electrons. The van der Waals surface area contributed by atoms with Gasteiger partial charge in [-0.3, -0.25) is 19.2 Å². The first-order valence-corrected chi connectivity index (χ1v) is 9.80. The van der Waals surface area contributed by atoms with Gasteiger partial charge in [0.25, 0.3) is 5.91 Å². The largest absolute Gasteiger partial charge is 0.314 e. The summed E-state index contributed by atoms with van der Waals surface area (Å²) in [6.45, 7) is 4.07. The molecule has 0 atom stereocenters. The Labute approximate surface area is 166 Å². The van der Waals surface area contributed by atoms with Crippen LogP contribution in [0.3, 0.4) is 0 Å². The third kappa shape index (κ3) is 4.09. The van der Waals surface area contributed by atoms with Crippen LogP contribution in [0.15, 0.2) is 30.5 Å². The molecule has 0 bridgehead atoms. The molecule has 0 spiro atoms. The van der Waals surface area contributed by atoms with E-state index in [-0.39, 0.29) is 11.8 Å². The van der Waals surface area contributed by atoms with Crippen LogP contribution in [0.25, 0.3) is 0 Å². The van der Waals surface area contributed by atoms with Crippen molar-refractivity contribution in [3.05, 3.63) is 41.7 Å². The minimum absolute atomic E-state index is 0.0426. The molecule has 3 rings (SSSR count). The average Bonchev–Trinajstić information content (AvgIpc) is 3.30. The van der Waals surface area contributed by atoms with Gasteiger partial charge in [0.2, 0.25) is 5.91 Å². The Hall–Kier alpha value is -2.67. The van der Waals surface area contributed by atoms with Crippen LogP contribution in [0.5, 0.6) is 0 Å². The summed E-state index contributed by atoms with van der Waals surface area (Å²) in [5.41, 5.74) is 3.36. The number of rotatable bonds is 7. The molecule has 0 unspecified atom stereocenters. The molecule has 0 saturated carbocycles. The highest BCUT2D eigenvalue weighted by molar-refractivity contribution is 6.06. The van der Waals surface area contributed by atoms with Crippen LogP contribution in [0.4, 0.5) is 11.4 Å². The Morgan fingerprint density at radius 1 is 1.21 bits per heavy atom. The standard InChI is InChI=1S/C21H29N5O2/c1-5-6-12-23(2)15-20(27)24(3)17-8-7-16-10-13-26(19(16)14-17)21(28)18-9-11-22-25(18)4/h7-9,11,14H,5-6,10,12-13,15H2,1-4H3. The zero-order valence-electron chi connectivity index (χ0n) is 17.2. The molecule has 2 heterocycles. The van der Waals surface area contributed by atoms with Gasteiger partial charge < -0.3 is 9.80 Å². The quantitative estimate of drug-likeness (QED) is 0.736. The van der Waals surface area contributed by atoms with Crippen molar-refractivity contribution in [3.8, 4) is 0 Å². The first kappa shape index (κ1) is 20.1. The number of fused-ring (bicyclic) bond motifs is 1.